The largest absolute Gasteiger partial charge is 0.451 e. The lowest BCUT2D eigenvalue weighted by atomic mass is 10.0. The molecule has 1 N–H and O–H groups in total. The average Bonchev–Trinajstić information content (AvgIpc) is 3.77. The molecule has 1 atom stereocenters. The van der Waals surface area contributed by atoms with E-state index in [-0.39, 0.29) is 24.1 Å². The van der Waals surface area contributed by atoms with Gasteiger partial charge in [0.25, 0.3) is 11.5 Å². The maximum Gasteiger partial charge on any atom is 0.348 e. The number of esters is 1. The highest BCUT2D eigenvalue weighted by Gasteiger charge is 2.28. The second kappa shape index (κ2) is 10.7. The molecular formula is C27H23ClN8O4S. The minimum Gasteiger partial charge on any atom is -0.451 e. The van der Waals surface area contributed by atoms with Crippen molar-refractivity contribution >= 4 is 34.8 Å². The molecule has 1 aromatic carbocycles. The molecule has 14 heteroatoms. The van der Waals surface area contributed by atoms with Crippen molar-refractivity contribution in [2.24, 2.45) is 0 Å². The number of imidazole rings is 1. The van der Waals surface area contributed by atoms with E-state index in [4.69, 9.17) is 16.3 Å². The number of fused-ring (bicyclic) bond motifs is 1. The van der Waals surface area contributed by atoms with E-state index in [1.54, 1.807) is 49.1 Å². The Hall–Kier alpha value is -4.62. The van der Waals surface area contributed by atoms with Gasteiger partial charge in [0.1, 0.15) is 17.0 Å². The molecule has 1 aliphatic heterocycles. The topological polar surface area (TPSA) is 141 Å². The fraction of sp³-hybridized carbons (Fsp3) is 0.222. The number of H-pyrrole nitrogens is 1. The van der Waals surface area contributed by atoms with E-state index in [0.717, 1.165) is 22.4 Å². The first-order valence-corrected chi connectivity index (χ1v) is 13.8. The van der Waals surface area contributed by atoms with Gasteiger partial charge in [-0.2, -0.15) is 4.68 Å². The van der Waals surface area contributed by atoms with Gasteiger partial charge in [0.2, 0.25) is 0 Å². The second-order valence-electron chi connectivity index (χ2n) is 9.66. The Morgan fingerprint density at radius 1 is 1.20 bits per heavy atom. The quantitative estimate of drug-likeness (QED) is 0.284. The molecule has 0 aliphatic carbocycles. The number of hydrogen-bond acceptors (Lipinski definition) is 9. The SMILES string of the molecule is CN(C)C(=O)COC(=O)c1cc(-c2cnc([C@@H]3CCc4cc(-c5cc(Cl)ccc5-n5cnnn5)cc(=O)n43)[nH]2)cs1. The minimum absolute atomic E-state index is 0.159. The molecule has 0 saturated heterocycles. The zero-order valence-electron chi connectivity index (χ0n) is 21.9. The summed E-state index contributed by atoms with van der Waals surface area (Å²) in [6.45, 7) is -0.318. The summed E-state index contributed by atoms with van der Waals surface area (Å²) in [4.78, 5) is 47.2. The Morgan fingerprint density at radius 2 is 2.05 bits per heavy atom. The molecule has 5 aromatic rings. The van der Waals surface area contributed by atoms with E-state index in [1.165, 1.54) is 27.2 Å². The van der Waals surface area contributed by atoms with Gasteiger partial charge in [-0.15, -0.1) is 16.4 Å². The number of pyridine rings is 1. The summed E-state index contributed by atoms with van der Waals surface area (Å²) in [6.07, 6.45) is 4.56. The summed E-state index contributed by atoms with van der Waals surface area (Å²) in [6, 6.07) is 10.4. The van der Waals surface area contributed by atoms with Gasteiger partial charge < -0.3 is 19.2 Å². The Morgan fingerprint density at radius 3 is 2.83 bits per heavy atom. The summed E-state index contributed by atoms with van der Waals surface area (Å²) < 4.78 is 8.40. The third-order valence-corrected chi connectivity index (χ3v) is 7.99. The van der Waals surface area contributed by atoms with Crippen molar-refractivity contribution in [3.63, 3.8) is 0 Å². The number of aromatic amines is 1. The van der Waals surface area contributed by atoms with Gasteiger partial charge >= 0.3 is 5.97 Å². The van der Waals surface area contributed by atoms with E-state index in [9.17, 15) is 14.4 Å². The molecule has 0 saturated carbocycles. The molecule has 5 heterocycles. The first-order valence-electron chi connectivity index (χ1n) is 12.6. The van der Waals surface area contributed by atoms with Gasteiger partial charge in [0.15, 0.2) is 6.61 Å². The number of ether oxygens (including phenoxy) is 1. The molecule has 12 nitrogen and oxygen atoms in total. The third kappa shape index (κ3) is 5.16. The van der Waals surface area contributed by atoms with E-state index in [2.05, 4.69) is 25.5 Å². The van der Waals surface area contributed by atoms with Gasteiger partial charge in [0, 0.05) is 47.4 Å². The molecule has 0 radical (unpaired) electrons. The van der Waals surface area contributed by atoms with E-state index in [1.807, 2.05) is 17.5 Å². The number of aryl methyl sites for hydroxylation is 1. The monoisotopic (exact) mass is 590 g/mol. The average molecular weight is 591 g/mol. The third-order valence-electron chi connectivity index (χ3n) is 6.85. The highest BCUT2D eigenvalue weighted by Crippen LogP contribution is 2.35. The number of amides is 1. The molecule has 1 amide bonds. The number of carbonyl (C=O) groups excluding carboxylic acids is 2. The van der Waals surface area contributed by atoms with Crippen molar-refractivity contribution in [3.8, 4) is 28.1 Å². The molecule has 208 valence electrons. The lowest BCUT2D eigenvalue weighted by molar-refractivity contribution is -0.131. The number of nitrogens with one attached hydrogen (secondary N) is 1. The zero-order chi connectivity index (χ0) is 28.7. The molecule has 0 spiro atoms. The summed E-state index contributed by atoms with van der Waals surface area (Å²) in [7, 11) is 3.19. The number of carbonyl (C=O) groups is 2. The maximum absolute atomic E-state index is 13.4. The molecule has 1 aliphatic rings. The van der Waals surface area contributed by atoms with Crippen LogP contribution in [0.15, 0.2) is 59.1 Å². The number of hydrogen-bond donors (Lipinski definition) is 1. The van der Waals surface area contributed by atoms with Gasteiger partial charge in [-0.3, -0.25) is 9.59 Å². The van der Waals surface area contributed by atoms with Crippen LogP contribution in [0.5, 0.6) is 0 Å². The van der Waals surface area contributed by atoms with Crippen molar-refractivity contribution in [3.05, 3.63) is 86.1 Å². The number of tetrazole rings is 1. The van der Waals surface area contributed by atoms with Gasteiger partial charge in [-0.05, 0) is 59.2 Å². The fourth-order valence-corrected chi connectivity index (χ4v) is 5.76. The van der Waals surface area contributed by atoms with Crippen LogP contribution >= 0.6 is 22.9 Å². The first kappa shape index (κ1) is 26.6. The van der Waals surface area contributed by atoms with Crippen molar-refractivity contribution in [2.45, 2.75) is 18.9 Å². The predicted octanol–water partition coefficient (Wildman–Crippen LogP) is 3.38. The van der Waals surface area contributed by atoms with Crippen LogP contribution in [0.4, 0.5) is 0 Å². The van der Waals surface area contributed by atoms with Crippen molar-refractivity contribution in [2.75, 3.05) is 20.7 Å². The molecule has 0 bridgehead atoms. The molecule has 4 aromatic heterocycles. The lowest BCUT2D eigenvalue weighted by Crippen LogP contribution is -2.27. The predicted molar refractivity (Wildman–Crippen MR) is 151 cm³/mol. The second-order valence-corrected chi connectivity index (χ2v) is 11.0. The highest BCUT2D eigenvalue weighted by molar-refractivity contribution is 7.12. The number of benzene rings is 1. The molecule has 0 fully saturated rings. The fourth-order valence-electron chi connectivity index (χ4n) is 4.79. The lowest BCUT2D eigenvalue weighted by Gasteiger charge is -2.15. The van der Waals surface area contributed by atoms with Crippen LogP contribution in [0.25, 0.3) is 28.1 Å². The van der Waals surface area contributed by atoms with Crippen LogP contribution in [0.2, 0.25) is 5.02 Å². The van der Waals surface area contributed by atoms with Crippen molar-refractivity contribution in [1.82, 2.24) is 39.6 Å². The standard InChI is InChI=1S/C27H23ClN8O4S/c1-34(2)25(38)12-40-27(39)23-8-16(13-41-23)20-11-29-26(31-20)22-6-4-18-7-15(9-24(37)36(18)22)19-10-17(28)3-5-21(19)35-14-30-32-33-35/h3,5,7-11,13-14,22H,4,6,12H2,1-2H3,(H,29,31)/t22-/m0/s1. The van der Waals surface area contributed by atoms with Crippen LogP contribution < -0.4 is 5.56 Å². The smallest absolute Gasteiger partial charge is 0.348 e. The van der Waals surface area contributed by atoms with E-state index < -0.39 is 5.97 Å². The minimum atomic E-state index is -0.564. The highest BCUT2D eigenvalue weighted by atomic mass is 35.5. The molecule has 41 heavy (non-hydrogen) atoms. The summed E-state index contributed by atoms with van der Waals surface area (Å²) in [5, 5.41) is 13.8. The van der Waals surface area contributed by atoms with Gasteiger partial charge in [-0.1, -0.05) is 11.6 Å². The van der Waals surface area contributed by atoms with Gasteiger partial charge in [-0.25, -0.2) is 9.78 Å². The Labute approximate surface area is 242 Å². The normalized spacial score (nSPS) is 14.2. The van der Waals surface area contributed by atoms with E-state index >= 15 is 0 Å². The number of halogens is 1. The van der Waals surface area contributed by atoms with Crippen LogP contribution in [0.1, 0.15) is 33.7 Å². The Balaban J connectivity index is 1.25. The number of nitrogens with zero attached hydrogens (tertiary/aromatic N) is 7. The number of rotatable bonds is 7. The Kier molecular flexibility index (Phi) is 6.97. The van der Waals surface area contributed by atoms with E-state index in [0.29, 0.717) is 39.9 Å². The van der Waals surface area contributed by atoms with Crippen LogP contribution in [0, 0.1) is 0 Å². The Bertz CT molecular complexity index is 1820. The van der Waals surface area contributed by atoms with Crippen LogP contribution in [-0.4, -0.2) is 72.2 Å². The van der Waals surface area contributed by atoms with Crippen molar-refractivity contribution in [1.29, 1.82) is 0 Å². The van der Waals surface area contributed by atoms with Gasteiger partial charge in [0.05, 0.1) is 23.6 Å². The molecular weight excluding hydrogens is 568 g/mol. The number of thiophene rings is 1. The number of aromatic nitrogens is 7. The maximum atomic E-state index is 13.4. The number of likely N-dealkylation sites (N-methyl/N-ethyl adjacent to an activating group) is 1. The van der Waals surface area contributed by atoms with Crippen LogP contribution in [0.3, 0.4) is 0 Å². The molecule has 0 unspecified atom stereocenters. The summed E-state index contributed by atoms with van der Waals surface area (Å²) >= 11 is 7.52. The molecule has 6 rings (SSSR count). The first-order chi connectivity index (χ1) is 19.8. The van der Waals surface area contributed by atoms with Crippen LogP contribution in [-0.2, 0) is 16.0 Å². The zero-order valence-corrected chi connectivity index (χ0v) is 23.5. The van der Waals surface area contributed by atoms with Crippen molar-refractivity contribution < 1.29 is 14.3 Å². The summed E-state index contributed by atoms with van der Waals surface area (Å²) in [5.74, 6) is -0.211. The summed E-state index contributed by atoms with van der Waals surface area (Å²) in [5.41, 5.74) is 4.36.